The number of hydrogen-bond acceptors (Lipinski definition) is 5. The van der Waals surface area contributed by atoms with Crippen LogP contribution in [0.1, 0.15) is 29.1 Å². The summed E-state index contributed by atoms with van der Waals surface area (Å²) in [6, 6.07) is 3.09. The molecule has 0 bridgehead atoms. The number of imidazole rings is 1. The molecular weight excluding hydrogens is 429 g/mol. The molecule has 0 fully saturated rings. The first kappa shape index (κ1) is 21.0. The standard InChI is InChI=1S/C20H19F3N6OS/c1-12(2)19(20(21,22)23,27-18(30)16-5-4-6-31-16)14-8-26-29-9-13(7-24-17(14)29)15-10-28(3)11-25-15/h4-12H,1-3H3,(H,27,30)/t19-/m1/s1. The van der Waals surface area contributed by atoms with Crippen molar-refractivity contribution < 1.29 is 18.0 Å². The van der Waals surface area contributed by atoms with E-state index in [9.17, 15) is 18.0 Å². The fourth-order valence-electron chi connectivity index (χ4n) is 3.57. The minimum Gasteiger partial charge on any atom is -0.340 e. The minimum atomic E-state index is -4.79. The highest BCUT2D eigenvalue weighted by atomic mass is 32.1. The average Bonchev–Trinajstić information content (AvgIpc) is 3.44. The Hall–Kier alpha value is -3.21. The molecule has 162 valence electrons. The van der Waals surface area contributed by atoms with Crippen LogP contribution in [0.4, 0.5) is 13.2 Å². The normalized spacial score (nSPS) is 14.2. The topological polar surface area (TPSA) is 77.1 Å². The van der Waals surface area contributed by atoms with E-state index in [1.165, 1.54) is 30.6 Å². The number of fused-ring (bicyclic) bond motifs is 1. The third kappa shape index (κ3) is 3.48. The molecule has 7 nitrogen and oxygen atoms in total. The molecule has 31 heavy (non-hydrogen) atoms. The maximum Gasteiger partial charge on any atom is 0.416 e. The zero-order valence-electron chi connectivity index (χ0n) is 16.9. The van der Waals surface area contributed by atoms with Crippen LogP contribution in [0, 0.1) is 5.92 Å². The molecular formula is C20H19F3N6OS. The van der Waals surface area contributed by atoms with Crippen LogP contribution in [-0.4, -0.2) is 36.2 Å². The second kappa shape index (κ2) is 7.49. The maximum atomic E-state index is 14.6. The number of nitrogens with zero attached hydrogens (tertiary/aromatic N) is 5. The van der Waals surface area contributed by atoms with Crippen molar-refractivity contribution in [3.8, 4) is 11.3 Å². The monoisotopic (exact) mass is 448 g/mol. The van der Waals surface area contributed by atoms with Gasteiger partial charge in [-0.25, -0.2) is 14.5 Å². The van der Waals surface area contributed by atoms with Crippen molar-refractivity contribution in [1.29, 1.82) is 0 Å². The molecule has 1 N–H and O–H groups in total. The van der Waals surface area contributed by atoms with Gasteiger partial charge in [0.1, 0.15) is 0 Å². The number of nitrogens with one attached hydrogen (secondary N) is 1. The van der Waals surface area contributed by atoms with Crippen LogP contribution in [0.25, 0.3) is 16.9 Å². The first-order valence-corrected chi connectivity index (χ1v) is 10.3. The van der Waals surface area contributed by atoms with Crippen LogP contribution < -0.4 is 5.32 Å². The Balaban J connectivity index is 1.85. The van der Waals surface area contributed by atoms with Gasteiger partial charge < -0.3 is 9.88 Å². The lowest BCUT2D eigenvalue weighted by Gasteiger charge is -2.39. The van der Waals surface area contributed by atoms with Gasteiger partial charge in [-0.1, -0.05) is 19.9 Å². The van der Waals surface area contributed by atoms with Crippen LogP contribution in [0.5, 0.6) is 0 Å². The first-order chi connectivity index (χ1) is 14.6. The number of rotatable bonds is 5. The molecule has 1 atom stereocenters. The van der Waals surface area contributed by atoms with Gasteiger partial charge in [0.05, 0.1) is 28.7 Å². The molecule has 0 radical (unpaired) electrons. The second-order valence-corrected chi connectivity index (χ2v) is 8.43. The predicted octanol–water partition coefficient (Wildman–Crippen LogP) is 4.03. The smallest absolute Gasteiger partial charge is 0.340 e. The third-order valence-corrected chi connectivity index (χ3v) is 6.02. The fraction of sp³-hybridized carbons (Fsp3) is 0.300. The first-order valence-electron chi connectivity index (χ1n) is 9.38. The van der Waals surface area contributed by atoms with Crippen LogP contribution in [0.2, 0.25) is 0 Å². The van der Waals surface area contributed by atoms with E-state index < -0.39 is 23.5 Å². The summed E-state index contributed by atoms with van der Waals surface area (Å²) in [7, 11) is 1.81. The Bertz CT molecular complexity index is 1230. The van der Waals surface area contributed by atoms with Crippen LogP contribution in [0.3, 0.4) is 0 Å². The number of amides is 1. The Morgan fingerprint density at radius 3 is 2.55 bits per heavy atom. The largest absolute Gasteiger partial charge is 0.416 e. The lowest BCUT2D eigenvalue weighted by molar-refractivity contribution is -0.210. The van der Waals surface area contributed by atoms with Crippen LogP contribution in [0.15, 0.2) is 48.6 Å². The zero-order valence-corrected chi connectivity index (χ0v) is 17.7. The van der Waals surface area contributed by atoms with Crippen LogP contribution >= 0.6 is 11.3 Å². The van der Waals surface area contributed by atoms with E-state index in [4.69, 9.17) is 0 Å². The molecule has 0 aliphatic carbocycles. The minimum absolute atomic E-state index is 0.0113. The number of aryl methyl sites for hydroxylation is 1. The molecule has 4 aromatic heterocycles. The summed E-state index contributed by atoms with van der Waals surface area (Å²) in [5.74, 6) is -1.83. The molecule has 0 unspecified atom stereocenters. The number of carbonyl (C=O) groups is 1. The van der Waals surface area contributed by atoms with Crippen LogP contribution in [-0.2, 0) is 12.6 Å². The van der Waals surface area contributed by atoms with Crippen molar-refractivity contribution >= 4 is 22.9 Å². The van der Waals surface area contributed by atoms with E-state index in [0.717, 1.165) is 17.5 Å². The molecule has 4 aromatic rings. The third-order valence-electron chi connectivity index (χ3n) is 5.15. The average molecular weight is 448 g/mol. The van der Waals surface area contributed by atoms with Gasteiger partial charge in [-0.3, -0.25) is 4.79 Å². The van der Waals surface area contributed by atoms with E-state index in [1.54, 1.807) is 34.7 Å². The Morgan fingerprint density at radius 1 is 1.19 bits per heavy atom. The van der Waals surface area contributed by atoms with Crippen molar-refractivity contribution in [1.82, 2.24) is 29.5 Å². The van der Waals surface area contributed by atoms with E-state index >= 15 is 0 Å². The molecule has 4 heterocycles. The predicted molar refractivity (Wildman–Crippen MR) is 110 cm³/mol. The van der Waals surface area contributed by atoms with E-state index in [2.05, 4.69) is 20.4 Å². The number of hydrogen-bond donors (Lipinski definition) is 1. The Morgan fingerprint density at radius 2 is 1.97 bits per heavy atom. The molecule has 0 saturated heterocycles. The van der Waals surface area contributed by atoms with Crippen molar-refractivity contribution in [2.45, 2.75) is 25.6 Å². The quantitative estimate of drug-likeness (QED) is 0.500. The zero-order chi connectivity index (χ0) is 22.4. The lowest BCUT2D eigenvalue weighted by atomic mass is 9.80. The van der Waals surface area contributed by atoms with Gasteiger partial charge in [-0.2, -0.15) is 18.3 Å². The second-order valence-electron chi connectivity index (χ2n) is 7.49. The summed E-state index contributed by atoms with van der Waals surface area (Å²) < 4.78 is 46.8. The van der Waals surface area contributed by atoms with Crippen molar-refractivity contribution in [3.05, 3.63) is 59.1 Å². The summed E-state index contributed by atoms with van der Waals surface area (Å²) in [6.45, 7) is 2.82. The summed E-state index contributed by atoms with van der Waals surface area (Å²) in [5.41, 5.74) is -1.65. The van der Waals surface area contributed by atoms with E-state index in [-0.39, 0.29) is 16.1 Å². The van der Waals surface area contributed by atoms with Crippen molar-refractivity contribution in [2.24, 2.45) is 13.0 Å². The molecule has 11 heteroatoms. The Labute approximate surface area is 179 Å². The number of carbonyl (C=O) groups excluding carboxylic acids is 1. The number of alkyl halides is 3. The van der Waals surface area contributed by atoms with Crippen molar-refractivity contribution in [2.75, 3.05) is 0 Å². The van der Waals surface area contributed by atoms with Gasteiger partial charge in [0.2, 0.25) is 0 Å². The summed E-state index contributed by atoms with van der Waals surface area (Å²) >= 11 is 1.07. The number of aromatic nitrogens is 5. The van der Waals surface area contributed by atoms with E-state index in [1.807, 2.05) is 7.05 Å². The highest BCUT2D eigenvalue weighted by Crippen LogP contribution is 2.46. The van der Waals surface area contributed by atoms with Gasteiger partial charge in [-0.05, 0) is 17.4 Å². The molecule has 0 spiro atoms. The summed E-state index contributed by atoms with van der Waals surface area (Å²) in [5, 5.41) is 8.00. The molecule has 0 aromatic carbocycles. The van der Waals surface area contributed by atoms with Gasteiger partial charge in [0, 0.05) is 31.2 Å². The SMILES string of the molecule is CC(C)[C@@](NC(=O)c1cccs1)(c1cnn2cc(-c3cn(C)cn3)cnc12)C(F)(F)F. The van der Waals surface area contributed by atoms with E-state index in [0.29, 0.717) is 11.3 Å². The van der Waals surface area contributed by atoms with Gasteiger partial charge in [0.25, 0.3) is 5.91 Å². The molecule has 0 aliphatic heterocycles. The lowest BCUT2D eigenvalue weighted by Crippen LogP contribution is -2.59. The van der Waals surface area contributed by atoms with Gasteiger partial charge in [-0.15, -0.1) is 11.3 Å². The molecule has 0 saturated carbocycles. The number of thiophene rings is 1. The summed E-state index contributed by atoms with van der Waals surface area (Å²) in [4.78, 5) is 21.4. The number of halogens is 3. The molecule has 4 rings (SSSR count). The highest BCUT2D eigenvalue weighted by molar-refractivity contribution is 7.12. The maximum absolute atomic E-state index is 14.6. The molecule has 1 amide bonds. The van der Waals surface area contributed by atoms with Crippen molar-refractivity contribution in [3.63, 3.8) is 0 Å². The van der Waals surface area contributed by atoms with Gasteiger partial charge in [0.15, 0.2) is 11.2 Å². The Kier molecular flexibility index (Phi) is 5.08. The fourth-order valence-corrected chi connectivity index (χ4v) is 4.19. The highest BCUT2D eigenvalue weighted by Gasteiger charge is 2.60. The molecule has 0 aliphatic rings. The van der Waals surface area contributed by atoms with Gasteiger partial charge >= 0.3 is 6.18 Å². The summed E-state index contributed by atoms with van der Waals surface area (Å²) in [6.07, 6.45) is 2.72.